The Morgan fingerprint density at radius 1 is 1.06 bits per heavy atom. The molecule has 2 aromatic rings. The van der Waals surface area contributed by atoms with E-state index in [-0.39, 0.29) is 6.54 Å². The predicted octanol–water partition coefficient (Wildman–Crippen LogP) is 6.33. The number of benzene rings is 2. The van der Waals surface area contributed by atoms with Crippen LogP contribution in [-0.4, -0.2) is 12.0 Å². The molecule has 0 spiro atoms. The van der Waals surface area contributed by atoms with Gasteiger partial charge in [-0.3, -0.25) is 4.79 Å². The fraction of sp³-hybridized carbons (Fsp3) is 0.200. The van der Waals surface area contributed by atoms with Crippen molar-refractivity contribution >= 4 is 29.0 Å². The van der Waals surface area contributed by atoms with Crippen LogP contribution in [0, 0.1) is 11.3 Å². The van der Waals surface area contributed by atoms with E-state index in [2.05, 4.69) is 15.5 Å². The number of carbonyl (C=O) groups excluding carboxylic acids is 1. The standard InChI is InChI=1S/C20H10Cl2F6N4O/c21-12-6-11(19(23,24)25)7-13(22)14(12)18(9-29)15(16(33)20(26,27)28)17(31-32-18)30-8-10-4-2-1-3-5-10/h1-7,30H,8H2. The van der Waals surface area contributed by atoms with E-state index in [1.807, 2.05) is 0 Å². The lowest BCUT2D eigenvalue weighted by Crippen LogP contribution is -2.37. The number of carbonyl (C=O) groups is 1. The van der Waals surface area contributed by atoms with Crippen LogP contribution < -0.4 is 5.32 Å². The van der Waals surface area contributed by atoms with Crippen molar-refractivity contribution in [3.8, 4) is 6.07 Å². The predicted molar refractivity (Wildman–Crippen MR) is 105 cm³/mol. The molecule has 1 N–H and O–H groups in total. The van der Waals surface area contributed by atoms with Crippen LogP contribution in [0.5, 0.6) is 0 Å². The van der Waals surface area contributed by atoms with Crippen LogP contribution in [0.1, 0.15) is 16.7 Å². The van der Waals surface area contributed by atoms with E-state index in [4.69, 9.17) is 23.2 Å². The Bertz CT molecular complexity index is 1180. The summed E-state index contributed by atoms with van der Waals surface area (Å²) < 4.78 is 79.5. The van der Waals surface area contributed by atoms with Gasteiger partial charge in [-0.2, -0.15) is 36.7 Å². The van der Waals surface area contributed by atoms with Crippen LogP contribution in [0.2, 0.25) is 10.0 Å². The third kappa shape index (κ3) is 4.67. The van der Waals surface area contributed by atoms with E-state index in [0.29, 0.717) is 17.7 Å². The summed E-state index contributed by atoms with van der Waals surface area (Å²) in [6, 6.07) is 10.5. The Balaban J connectivity index is 2.20. The molecular formula is C20H10Cl2F6N4O. The minimum absolute atomic E-state index is 0.0974. The summed E-state index contributed by atoms with van der Waals surface area (Å²) in [6.45, 7) is -0.0974. The monoisotopic (exact) mass is 506 g/mol. The molecule has 0 aliphatic carbocycles. The van der Waals surface area contributed by atoms with Gasteiger partial charge in [0.25, 0.3) is 5.78 Å². The summed E-state index contributed by atoms with van der Waals surface area (Å²) in [5.41, 5.74) is -5.52. The number of azo groups is 1. The number of Topliss-reactive ketones (excluding diaryl/α,β-unsaturated/α-hetero) is 1. The summed E-state index contributed by atoms with van der Waals surface area (Å²) in [6.07, 6.45) is -10.3. The van der Waals surface area contributed by atoms with Crippen molar-refractivity contribution < 1.29 is 31.1 Å². The van der Waals surface area contributed by atoms with Crippen LogP contribution in [0.4, 0.5) is 26.3 Å². The third-order valence-corrected chi connectivity index (χ3v) is 5.18. The molecule has 1 aliphatic heterocycles. The quantitative estimate of drug-likeness (QED) is 0.481. The summed E-state index contributed by atoms with van der Waals surface area (Å²) in [7, 11) is 0. The molecular weight excluding hydrogens is 497 g/mol. The fourth-order valence-electron chi connectivity index (χ4n) is 3.11. The Kier molecular flexibility index (Phi) is 6.46. The Labute approximate surface area is 192 Å². The van der Waals surface area contributed by atoms with Crippen molar-refractivity contribution in [1.82, 2.24) is 5.32 Å². The molecule has 33 heavy (non-hydrogen) atoms. The maximum atomic E-state index is 13.4. The zero-order valence-electron chi connectivity index (χ0n) is 16.0. The maximum absolute atomic E-state index is 13.4. The molecule has 1 atom stereocenters. The first-order valence-corrected chi connectivity index (χ1v) is 9.62. The highest BCUT2D eigenvalue weighted by atomic mass is 35.5. The lowest BCUT2D eigenvalue weighted by atomic mass is 9.82. The molecule has 172 valence electrons. The Hall–Kier alpha value is -3.10. The van der Waals surface area contributed by atoms with E-state index >= 15 is 0 Å². The Morgan fingerprint density at radius 2 is 1.64 bits per heavy atom. The van der Waals surface area contributed by atoms with Gasteiger partial charge in [0.05, 0.1) is 11.1 Å². The summed E-state index contributed by atoms with van der Waals surface area (Å²) in [5, 5.41) is 17.8. The van der Waals surface area contributed by atoms with Crippen LogP contribution in [0.3, 0.4) is 0 Å². The summed E-state index contributed by atoms with van der Waals surface area (Å²) in [5.74, 6) is -3.16. The molecule has 0 aromatic heterocycles. The van der Waals surface area contributed by atoms with Gasteiger partial charge in [-0.1, -0.05) is 53.5 Å². The number of hydrogen-bond acceptors (Lipinski definition) is 5. The number of alkyl halides is 6. The van der Waals surface area contributed by atoms with Crippen LogP contribution in [0.25, 0.3) is 0 Å². The molecule has 5 nitrogen and oxygen atoms in total. The average molecular weight is 507 g/mol. The fourth-order valence-corrected chi connectivity index (χ4v) is 3.87. The Morgan fingerprint density at radius 3 is 2.12 bits per heavy atom. The minimum atomic E-state index is -5.46. The number of halogens is 8. The van der Waals surface area contributed by atoms with Crippen molar-refractivity contribution in [3.63, 3.8) is 0 Å². The van der Waals surface area contributed by atoms with Gasteiger partial charge >= 0.3 is 12.4 Å². The largest absolute Gasteiger partial charge is 0.454 e. The van der Waals surface area contributed by atoms with Gasteiger partial charge in [0, 0.05) is 22.2 Å². The molecule has 0 fully saturated rings. The lowest BCUT2D eigenvalue weighted by Gasteiger charge is -2.24. The molecule has 1 aliphatic rings. The molecule has 2 aromatic carbocycles. The topological polar surface area (TPSA) is 77.6 Å². The van der Waals surface area contributed by atoms with E-state index in [0.717, 1.165) is 0 Å². The molecule has 0 saturated heterocycles. The summed E-state index contributed by atoms with van der Waals surface area (Å²) in [4.78, 5) is 12.3. The minimum Gasteiger partial charge on any atom is -0.364 e. The molecule has 0 radical (unpaired) electrons. The van der Waals surface area contributed by atoms with Gasteiger partial charge in [-0.05, 0) is 17.7 Å². The molecule has 3 rings (SSSR count). The molecule has 0 bridgehead atoms. The normalized spacial score (nSPS) is 18.4. The van der Waals surface area contributed by atoms with E-state index < -0.39 is 56.2 Å². The maximum Gasteiger partial charge on any atom is 0.454 e. The number of nitrogens with one attached hydrogen (secondary N) is 1. The van der Waals surface area contributed by atoms with Gasteiger partial charge in [-0.15, -0.1) is 5.11 Å². The molecule has 0 saturated carbocycles. The van der Waals surface area contributed by atoms with E-state index in [1.54, 1.807) is 30.3 Å². The second-order valence-corrected chi connectivity index (χ2v) is 7.54. The van der Waals surface area contributed by atoms with Gasteiger partial charge in [-0.25, -0.2) is 0 Å². The number of ketones is 1. The first kappa shape index (κ1) is 24.5. The second kappa shape index (κ2) is 8.68. The van der Waals surface area contributed by atoms with Gasteiger partial charge in [0.1, 0.15) is 6.07 Å². The van der Waals surface area contributed by atoms with Crippen molar-refractivity contribution in [2.75, 3.05) is 0 Å². The number of nitriles is 1. The highest BCUT2D eigenvalue weighted by molar-refractivity contribution is 6.36. The van der Waals surface area contributed by atoms with Crippen LogP contribution in [-0.2, 0) is 23.1 Å². The molecule has 1 heterocycles. The van der Waals surface area contributed by atoms with Gasteiger partial charge in [0.2, 0.25) is 5.54 Å². The van der Waals surface area contributed by atoms with Crippen molar-refractivity contribution in [1.29, 1.82) is 5.26 Å². The van der Waals surface area contributed by atoms with Gasteiger partial charge in [0.15, 0.2) is 5.82 Å². The zero-order chi connectivity index (χ0) is 24.6. The number of rotatable bonds is 5. The number of hydrogen-bond donors (Lipinski definition) is 1. The average Bonchev–Trinajstić information content (AvgIpc) is 3.09. The van der Waals surface area contributed by atoms with Crippen LogP contribution >= 0.6 is 23.2 Å². The SMILES string of the molecule is N#CC1(c2c(Cl)cc(C(F)(F)F)cc2Cl)N=NC(NCc2ccccc2)=C1C(=O)C(F)(F)F. The smallest absolute Gasteiger partial charge is 0.364 e. The van der Waals surface area contributed by atoms with Crippen LogP contribution in [0.15, 0.2) is 64.1 Å². The van der Waals surface area contributed by atoms with Crippen molar-refractivity contribution in [3.05, 3.63) is 80.6 Å². The van der Waals surface area contributed by atoms with Crippen molar-refractivity contribution in [2.45, 2.75) is 24.4 Å². The molecule has 13 heteroatoms. The van der Waals surface area contributed by atoms with Crippen molar-refractivity contribution in [2.24, 2.45) is 10.2 Å². The lowest BCUT2D eigenvalue weighted by molar-refractivity contribution is -0.167. The van der Waals surface area contributed by atoms with E-state index in [9.17, 15) is 36.4 Å². The zero-order valence-corrected chi connectivity index (χ0v) is 17.5. The molecule has 0 amide bonds. The first-order chi connectivity index (χ1) is 15.3. The third-order valence-electron chi connectivity index (χ3n) is 4.58. The number of nitrogens with zero attached hydrogens (tertiary/aromatic N) is 3. The van der Waals surface area contributed by atoms with Gasteiger partial charge < -0.3 is 5.32 Å². The first-order valence-electron chi connectivity index (χ1n) is 8.86. The second-order valence-electron chi connectivity index (χ2n) is 6.72. The van der Waals surface area contributed by atoms with E-state index in [1.165, 1.54) is 6.07 Å². The highest BCUT2D eigenvalue weighted by Crippen LogP contribution is 2.49. The molecule has 1 unspecified atom stereocenters. The summed E-state index contributed by atoms with van der Waals surface area (Å²) >= 11 is 11.8. The highest BCUT2D eigenvalue weighted by Gasteiger charge is 2.56.